The average molecular weight is 281 g/mol. The molecular formula is C16H31N3O. The van der Waals surface area contributed by atoms with E-state index in [2.05, 4.69) is 37.9 Å². The maximum Gasteiger partial charge on any atom is 0.237 e. The lowest BCUT2D eigenvalue weighted by molar-refractivity contribution is -0.124. The van der Waals surface area contributed by atoms with Crippen molar-refractivity contribution in [3.63, 3.8) is 0 Å². The quantitative estimate of drug-likeness (QED) is 0.827. The summed E-state index contributed by atoms with van der Waals surface area (Å²) in [7, 11) is 0. The normalized spacial score (nSPS) is 39.4. The van der Waals surface area contributed by atoms with Crippen molar-refractivity contribution < 1.29 is 4.79 Å². The van der Waals surface area contributed by atoms with Gasteiger partial charge in [-0.25, -0.2) is 0 Å². The first-order valence-electron chi connectivity index (χ1n) is 8.17. The molecule has 1 amide bonds. The smallest absolute Gasteiger partial charge is 0.237 e. The molecule has 2 aliphatic rings. The second-order valence-corrected chi connectivity index (χ2v) is 7.37. The molecular weight excluding hydrogens is 250 g/mol. The zero-order valence-electron chi connectivity index (χ0n) is 13.5. The summed E-state index contributed by atoms with van der Waals surface area (Å²) < 4.78 is 0. The molecule has 1 saturated carbocycles. The summed E-state index contributed by atoms with van der Waals surface area (Å²) in [5.74, 6) is 0.597. The van der Waals surface area contributed by atoms with E-state index in [9.17, 15) is 4.79 Å². The van der Waals surface area contributed by atoms with Gasteiger partial charge in [-0.3, -0.25) is 9.69 Å². The van der Waals surface area contributed by atoms with Crippen LogP contribution in [0.15, 0.2) is 0 Å². The number of hydrogen-bond donors (Lipinski definition) is 2. The lowest BCUT2D eigenvalue weighted by Gasteiger charge is -2.41. The number of hydrogen-bond acceptors (Lipinski definition) is 3. The molecule has 0 spiro atoms. The summed E-state index contributed by atoms with van der Waals surface area (Å²) >= 11 is 0. The molecule has 4 nitrogen and oxygen atoms in total. The van der Waals surface area contributed by atoms with Crippen molar-refractivity contribution >= 4 is 5.91 Å². The van der Waals surface area contributed by atoms with E-state index in [4.69, 9.17) is 5.73 Å². The van der Waals surface area contributed by atoms with Gasteiger partial charge in [0.05, 0.1) is 5.54 Å². The number of nitrogens with two attached hydrogens (primary N) is 1. The number of amides is 1. The topological polar surface area (TPSA) is 58.4 Å². The Bertz CT molecular complexity index is 358. The molecule has 0 radical (unpaired) electrons. The third-order valence-electron chi connectivity index (χ3n) is 5.16. The van der Waals surface area contributed by atoms with E-state index in [0.29, 0.717) is 18.1 Å². The number of likely N-dealkylation sites (tertiary alicyclic amines) is 1. The maximum atomic E-state index is 12.0. The molecule has 4 heteroatoms. The van der Waals surface area contributed by atoms with Crippen molar-refractivity contribution in [1.29, 1.82) is 0 Å². The SMILES string of the molecule is CC1CCC(C)N(C2CCC(NC(C)C)(C(N)=O)C2)C1. The van der Waals surface area contributed by atoms with E-state index in [0.717, 1.165) is 25.2 Å². The first kappa shape index (κ1) is 15.8. The summed E-state index contributed by atoms with van der Waals surface area (Å²) in [5, 5.41) is 3.45. The number of primary amides is 1. The molecule has 0 bridgehead atoms. The van der Waals surface area contributed by atoms with Crippen LogP contribution in [0.4, 0.5) is 0 Å². The predicted molar refractivity (Wildman–Crippen MR) is 82.4 cm³/mol. The van der Waals surface area contributed by atoms with E-state index in [1.807, 2.05) is 0 Å². The molecule has 20 heavy (non-hydrogen) atoms. The molecule has 1 aliphatic heterocycles. The number of piperidine rings is 1. The van der Waals surface area contributed by atoms with Gasteiger partial charge < -0.3 is 11.1 Å². The lowest BCUT2D eigenvalue weighted by atomic mass is 9.91. The predicted octanol–water partition coefficient (Wildman–Crippen LogP) is 1.88. The molecule has 3 N–H and O–H groups in total. The van der Waals surface area contributed by atoms with Gasteiger partial charge in [-0.15, -0.1) is 0 Å². The molecule has 2 rings (SSSR count). The monoisotopic (exact) mass is 281 g/mol. The Morgan fingerprint density at radius 3 is 2.60 bits per heavy atom. The summed E-state index contributed by atoms with van der Waals surface area (Å²) in [6, 6.07) is 1.43. The Morgan fingerprint density at radius 2 is 2.00 bits per heavy atom. The van der Waals surface area contributed by atoms with Gasteiger partial charge in [0.15, 0.2) is 0 Å². The fourth-order valence-corrected chi connectivity index (χ4v) is 4.11. The van der Waals surface area contributed by atoms with Crippen molar-refractivity contribution in [2.75, 3.05) is 6.54 Å². The molecule has 2 fully saturated rings. The Hall–Kier alpha value is -0.610. The molecule has 116 valence electrons. The van der Waals surface area contributed by atoms with Gasteiger partial charge in [0.2, 0.25) is 5.91 Å². The molecule has 0 aromatic carbocycles. The van der Waals surface area contributed by atoms with Gasteiger partial charge >= 0.3 is 0 Å². The van der Waals surface area contributed by atoms with E-state index < -0.39 is 5.54 Å². The fraction of sp³-hybridized carbons (Fsp3) is 0.938. The van der Waals surface area contributed by atoms with Crippen molar-refractivity contribution in [2.24, 2.45) is 11.7 Å². The number of rotatable bonds is 4. The second kappa shape index (κ2) is 6.02. The average Bonchev–Trinajstić information content (AvgIpc) is 2.77. The minimum absolute atomic E-state index is 0.175. The number of nitrogens with zero attached hydrogens (tertiary/aromatic N) is 1. The minimum atomic E-state index is -0.487. The highest BCUT2D eigenvalue weighted by molar-refractivity contribution is 5.85. The van der Waals surface area contributed by atoms with Crippen LogP contribution < -0.4 is 11.1 Å². The van der Waals surface area contributed by atoms with Crippen molar-refractivity contribution in [3.8, 4) is 0 Å². The van der Waals surface area contributed by atoms with Crippen LogP contribution in [0.25, 0.3) is 0 Å². The summed E-state index contributed by atoms with van der Waals surface area (Å²) in [6.07, 6.45) is 5.44. The summed E-state index contributed by atoms with van der Waals surface area (Å²) in [4.78, 5) is 14.6. The molecule has 1 saturated heterocycles. The minimum Gasteiger partial charge on any atom is -0.368 e. The number of carbonyl (C=O) groups is 1. The van der Waals surface area contributed by atoms with Gasteiger partial charge in [-0.2, -0.15) is 0 Å². The first-order valence-corrected chi connectivity index (χ1v) is 8.17. The van der Waals surface area contributed by atoms with Gasteiger partial charge in [0.1, 0.15) is 0 Å². The van der Waals surface area contributed by atoms with Crippen LogP contribution >= 0.6 is 0 Å². The molecule has 0 aromatic heterocycles. The highest BCUT2D eigenvalue weighted by Gasteiger charge is 2.47. The summed E-state index contributed by atoms with van der Waals surface area (Å²) in [5.41, 5.74) is 5.23. The van der Waals surface area contributed by atoms with Crippen LogP contribution in [0.5, 0.6) is 0 Å². The molecule has 1 aliphatic carbocycles. The molecule has 4 atom stereocenters. The fourth-order valence-electron chi connectivity index (χ4n) is 4.11. The largest absolute Gasteiger partial charge is 0.368 e. The van der Waals surface area contributed by atoms with Crippen LogP contribution in [0.2, 0.25) is 0 Å². The highest BCUT2D eigenvalue weighted by Crippen LogP contribution is 2.37. The third kappa shape index (κ3) is 3.17. The number of carbonyl (C=O) groups excluding carboxylic acids is 1. The van der Waals surface area contributed by atoms with Crippen molar-refractivity contribution in [2.45, 2.75) is 83.5 Å². The van der Waals surface area contributed by atoms with Gasteiger partial charge in [-0.1, -0.05) is 6.92 Å². The Balaban J connectivity index is 2.07. The summed E-state index contributed by atoms with van der Waals surface area (Å²) in [6.45, 7) is 10.0. The third-order valence-corrected chi connectivity index (χ3v) is 5.16. The van der Waals surface area contributed by atoms with Gasteiger partial charge in [-0.05, 0) is 58.8 Å². The lowest BCUT2D eigenvalue weighted by Crippen LogP contribution is -2.57. The van der Waals surface area contributed by atoms with E-state index in [-0.39, 0.29) is 5.91 Å². The van der Waals surface area contributed by atoms with Crippen LogP contribution in [0.1, 0.15) is 59.8 Å². The highest BCUT2D eigenvalue weighted by atomic mass is 16.1. The van der Waals surface area contributed by atoms with Crippen LogP contribution in [-0.4, -0.2) is 41.0 Å². The molecule has 4 unspecified atom stereocenters. The van der Waals surface area contributed by atoms with Gasteiger partial charge in [0.25, 0.3) is 0 Å². The zero-order valence-corrected chi connectivity index (χ0v) is 13.5. The Morgan fingerprint density at radius 1 is 1.30 bits per heavy atom. The Kier molecular flexibility index (Phi) is 4.75. The van der Waals surface area contributed by atoms with E-state index in [1.54, 1.807) is 0 Å². The standard InChI is InChI=1S/C16H31N3O/c1-11(2)18-16(15(17)20)8-7-14(9-16)19-10-12(3)5-6-13(19)4/h11-14,18H,5-10H2,1-4H3,(H2,17,20). The van der Waals surface area contributed by atoms with E-state index in [1.165, 1.54) is 19.4 Å². The molecule has 0 aromatic rings. The zero-order chi connectivity index (χ0) is 14.9. The van der Waals surface area contributed by atoms with Crippen LogP contribution in [0, 0.1) is 5.92 Å². The first-order chi connectivity index (χ1) is 9.34. The van der Waals surface area contributed by atoms with Crippen LogP contribution in [0.3, 0.4) is 0 Å². The second-order valence-electron chi connectivity index (χ2n) is 7.37. The van der Waals surface area contributed by atoms with E-state index >= 15 is 0 Å². The van der Waals surface area contributed by atoms with Gasteiger partial charge in [0, 0.05) is 24.7 Å². The van der Waals surface area contributed by atoms with Crippen LogP contribution in [-0.2, 0) is 4.79 Å². The van der Waals surface area contributed by atoms with Crippen molar-refractivity contribution in [1.82, 2.24) is 10.2 Å². The number of nitrogens with one attached hydrogen (secondary N) is 1. The molecule has 1 heterocycles. The Labute approximate surface area is 123 Å². The van der Waals surface area contributed by atoms with Crippen molar-refractivity contribution in [3.05, 3.63) is 0 Å². The maximum absolute atomic E-state index is 12.0.